The molecule has 1 aromatic rings. The Morgan fingerprint density at radius 1 is 1.32 bits per heavy atom. The molecule has 0 aromatic heterocycles. The van der Waals surface area contributed by atoms with Crippen molar-refractivity contribution in [1.29, 1.82) is 0 Å². The second kappa shape index (κ2) is 5.84. The van der Waals surface area contributed by atoms with Crippen molar-refractivity contribution in [3.8, 4) is 0 Å². The lowest BCUT2D eigenvalue weighted by atomic mass is 9.98. The van der Waals surface area contributed by atoms with Gasteiger partial charge in [0.15, 0.2) is 0 Å². The average Bonchev–Trinajstić information content (AvgIpc) is 2.25. The first-order chi connectivity index (χ1) is 8.70. The van der Waals surface area contributed by atoms with Crippen molar-refractivity contribution in [3.63, 3.8) is 0 Å². The number of hydrogen-bond acceptors (Lipinski definition) is 4. The highest BCUT2D eigenvalue weighted by molar-refractivity contribution is 5.79. The van der Waals surface area contributed by atoms with Gasteiger partial charge in [-0.2, -0.15) is 0 Å². The number of rotatable bonds is 4. The van der Waals surface area contributed by atoms with Gasteiger partial charge in [-0.15, -0.1) is 0 Å². The van der Waals surface area contributed by atoms with Crippen molar-refractivity contribution in [3.05, 3.63) is 35.4 Å². The maximum Gasteiger partial charge on any atom is 0.328 e. The zero-order chi connectivity index (χ0) is 14.6. The Hall–Kier alpha value is -1.88. The van der Waals surface area contributed by atoms with Crippen molar-refractivity contribution in [2.24, 2.45) is 5.73 Å². The van der Waals surface area contributed by atoms with E-state index in [0.717, 1.165) is 0 Å². The average molecular weight is 265 g/mol. The van der Waals surface area contributed by atoms with Gasteiger partial charge in [-0.25, -0.2) is 4.79 Å². The van der Waals surface area contributed by atoms with E-state index in [1.54, 1.807) is 45.0 Å². The van der Waals surface area contributed by atoms with Crippen LogP contribution in [0.15, 0.2) is 24.3 Å². The number of carboxylic acid groups (broad SMARTS) is 1. The molecule has 0 aliphatic rings. The summed E-state index contributed by atoms with van der Waals surface area (Å²) >= 11 is 0. The van der Waals surface area contributed by atoms with E-state index in [1.807, 2.05) is 0 Å². The molecule has 5 heteroatoms. The quantitative estimate of drug-likeness (QED) is 0.808. The predicted molar refractivity (Wildman–Crippen MR) is 70.6 cm³/mol. The van der Waals surface area contributed by atoms with E-state index in [-0.39, 0.29) is 6.42 Å². The van der Waals surface area contributed by atoms with E-state index < -0.39 is 23.6 Å². The molecule has 0 aliphatic heterocycles. The zero-order valence-corrected chi connectivity index (χ0v) is 11.3. The third kappa shape index (κ3) is 4.71. The highest BCUT2D eigenvalue weighted by Gasteiger charge is 2.25. The first kappa shape index (κ1) is 15.2. The number of carbonyl (C=O) groups excluding carboxylic acids is 1. The van der Waals surface area contributed by atoms with Crippen molar-refractivity contribution < 1.29 is 19.4 Å². The van der Waals surface area contributed by atoms with Gasteiger partial charge < -0.3 is 15.6 Å². The second-order valence-electron chi connectivity index (χ2n) is 5.28. The Kier molecular flexibility index (Phi) is 4.67. The number of ether oxygens (including phenoxy) is 1. The van der Waals surface area contributed by atoms with Crippen LogP contribution in [-0.4, -0.2) is 22.6 Å². The molecule has 1 aromatic carbocycles. The van der Waals surface area contributed by atoms with E-state index in [1.165, 1.54) is 0 Å². The second-order valence-corrected chi connectivity index (χ2v) is 5.28. The van der Waals surface area contributed by atoms with Crippen LogP contribution in [0.2, 0.25) is 0 Å². The van der Waals surface area contributed by atoms with Crippen LogP contribution in [0.3, 0.4) is 0 Å². The van der Waals surface area contributed by atoms with Gasteiger partial charge >= 0.3 is 11.9 Å². The lowest BCUT2D eigenvalue weighted by molar-refractivity contribution is -0.156. The standard InChI is InChI=1S/C14H19NO4/c1-14(2,3)19-13(18)12(15)10-7-5-4-6-9(10)8-11(16)17/h4-7,12H,8,15H2,1-3H3,(H,16,17)/t12-/m1/s1. The van der Waals surface area contributed by atoms with Crippen molar-refractivity contribution >= 4 is 11.9 Å². The Bertz CT molecular complexity index is 477. The number of nitrogens with two attached hydrogens (primary N) is 1. The predicted octanol–water partition coefficient (Wildman–Crippen LogP) is 1.66. The minimum atomic E-state index is -0.977. The highest BCUT2D eigenvalue weighted by atomic mass is 16.6. The van der Waals surface area contributed by atoms with Crippen LogP contribution in [0.4, 0.5) is 0 Å². The summed E-state index contributed by atoms with van der Waals surface area (Å²) in [6, 6.07) is 5.74. The molecule has 5 nitrogen and oxygen atoms in total. The summed E-state index contributed by atoms with van der Waals surface area (Å²) in [6.45, 7) is 5.25. The van der Waals surface area contributed by atoms with Gasteiger partial charge in [0.05, 0.1) is 6.42 Å². The number of hydrogen-bond donors (Lipinski definition) is 2. The molecule has 0 heterocycles. The molecule has 3 N–H and O–H groups in total. The summed E-state index contributed by atoms with van der Waals surface area (Å²) in [4.78, 5) is 22.7. The Morgan fingerprint density at radius 2 is 1.89 bits per heavy atom. The van der Waals surface area contributed by atoms with Gasteiger partial charge in [-0.1, -0.05) is 24.3 Å². The third-order valence-electron chi connectivity index (χ3n) is 2.39. The Balaban J connectivity index is 2.96. The van der Waals surface area contributed by atoms with E-state index in [9.17, 15) is 9.59 Å². The summed E-state index contributed by atoms with van der Waals surface area (Å²) in [6.07, 6.45) is -0.174. The summed E-state index contributed by atoms with van der Waals surface area (Å²) < 4.78 is 5.20. The Labute approximate surface area is 112 Å². The minimum absolute atomic E-state index is 0.174. The summed E-state index contributed by atoms with van der Waals surface area (Å²) in [5.41, 5.74) is 6.23. The van der Waals surface area contributed by atoms with Crippen molar-refractivity contribution in [2.45, 2.75) is 38.8 Å². The molecule has 0 aliphatic carbocycles. The lowest BCUT2D eigenvalue weighted by Crippen LogP contribution is -2.32. The van der Waals surface area contributed by atoms with Crippen LogP contribution >= 0.6 is 0 Å². The molecule has 0 saturated heterocycles. The summed E-state index contributed by atoms with van der Waals surface area (Å²) in [5.74, 6) is -1.53. The van der Waals surface area contributed by atoms with Gasteiger partial charge in [-0.3, -0.25) is 4.79 Å². The van der Waals surface area contributed by atoms with E-state index >= 15 is 0 Å². The molecule has 1 rings (SSSR count). The number of carboxylic acids is 1. The Morgan fingerprint density at radius 3 is 2.42 bits per heavy atom. The van der Waals surface area contributed by atoms with Crippen LogP contribution in [0.25, 0.3) is 0 Å². The normalized spacial score (nSPS) is 12.8. The fourth-order valence-corrected chi connectivity index (χ4v) is 1.65. The van der Waals surface area contributed by atoms with Gasteiger partial charge in [0.1, 0.15) is 11.6 Å². The molecule has 0 saturated carbocycles. The number of carbonyl (C=O) groups is 2. The van der Waals surface area contributed by atoms with Gasteiger partial charge in [0.2, 0.25) is 0 Å². The first-order valence-corrected chi connectivity index (χ1v) is 5.99. The lowest BCUT2D eigenvalue weighted by Gasteiger charge is -2.23. The first-order valence-electron chi connectivity index (χ1n) is 5.99. The summed E-state index contributed by atoms with van der Waals surface area (Å²) in [5, 5.41) is 8.84. The third-order valence-corrected chi connectivity index (χ3v) is 2.39. The molecule has 104 valence electrons. The van der Waals surface area contributed by atoms with Gasteiger partial charge in [0, 0.05) is 0 Å². The maximum atomic E-state index is 11.9. The molecule has 0 radical (unpaired) electrons. The van der Waals surface area contributed by atoms with E-state index in [2.05, 4.69) is 0 Å². The molecule has 1 atom stereocenters. The fraction of sp³-hybridized carbons (Fsp3) is 0.429. The van der Waals surface area contributed by atoms with Gasteiger partial charge in [0.25, 0.3) is 0 Å². The molecule has 0 fully saturated rings. The fourth-order valence-electron chi connectivity index (χ4n) is 1.65. The van der Waals surface area contributed by atoms with Crippen molar-refractivity contribution in [2.75, 3.05) is 0 Å². The van der Waals surface area contributed by atoms with Crippen molar-refractivity contribution in [1.82, 2.24) is 0 Å². The maximum absolute atomic E-state index is 11.9. The number of aliphatic carboxylic acids is 1. The summed E-state index contributed by atoms with van der Waals surface area (Å²) in [7, 11) is 0. The monoisotopic (exact) mass is 265 g/mol. The molecule has 0 amide bonds. The minimum Gasteiger partial charge on any atom is -0.481 e. The number of benzene rings is 1. The molecule has 19 heavy (non-hydrogen) atoms. The van der Waals surface area contributed by atoms with Crippen LogP contribution < -0.4 is 5.73 Å². The molecular formula is C14H19NO4. The van der Waals surface area contributed by atoms with Crippen LogP contribution in [0.1, 0.15) is 37.9 Å². The highest BCUT2D eigenvalue weighted by Crippen LogP contribution is 2.20. The smallest absolute Gasteiger partial charge is 0.328 e. The zero-order valence-electron chi connectivity index (χ0n) is 11.3. The SMILES string of the molecule is CC(C)(C)OC(=O)[C@H](N)c1ccccc1CC(=O)O. The topological polar surface area (TPSA) is 89.6 Å². The molecular weight excluding hydrogens is 246 g/mol. The molecule has 0 spiro atoms. The molecule has 0 unspecified atom stereocenters. The van der Waals surface area contributed by atoms with E-state index in [4.69, 9.17) is 15.6 Å². The van der Waals surface area contributed by atoms with Gasteiger partial charge in [-0.05, 0) is 31.9 Å². The van der Waals surface area contributed by atoms with E-state index in [0.29, 0.717) is 11.1 Å². The molecule has 0 bridgehead atoms. The van der Waals surface area contributed by atoms with Crippen LogP contribution in [-0.2, 0) is 20.7 Å². The van der Waals surface area contributed by atoms with Crippen LogP contribution in [0.5, 0.6) is 0 Å². The number of esters is 1. The van der Waals surface area contributed by atoms with Crippen LogP contribution in [0, 0.1) is 0 Å². The largest absolute Gasteiger partial charge is 0.481 e.